The molecule has 0 atom stereocenters. The van der Waals surface area contributed by atoms with E-state index in [1.165, 1.54) is 0 Å². The first kappa shape index (κ1) is 13.2. The summed E-state index contributed by atoms with van der Waals surface area (Å²) in [6, 6.07) is 6.61. The van der Waals surface area contributed by atoms with E-state index < -0.39 is 3.79 Å². The summed E-state index contributed by atoms with van der Waals surface area (Å²) < 4.78 is 3.41. The zero-order valence-corrected chi connectivity index (χ0v) is 11.1. The van der Waals surface area contributed by atoms with Gasteiger partial charge in [0.25, 0.3) is 9.68 Å². The van der Waals surface area contributed by atoms with Gasteiger partial charge in [0.1, 0.15) is 5.75 Å². The molecule has 0 fully saturated rings. The van der Waals surface area contributed by atoms with Crippen molar-refractivity contribution in [2.24, 2.45) is 0 Å². The van der Waals surface area contributed by atoms with Crippen LogP contribution in [0.25, 0.3) is 12.2 Å². The van der Waals surface area contributed by atoms with Crippen LogP contribution in [0.15, 0.2) is 28.7 Å². The summed E-state index contributed by atoms with van der Waals surface area (Å²) in [4.78, 5) is 0. The highest BCUT2D eigenvalue weighted by atomic mass is 35.6. The summed E-state index contributed by atoms with van der Waals surface area (Å²) in [6.45, 7) is 0. The highest BCUT2D eigenvalue weighted by Crippen LogP contribution is 2.37. The molecule has 18 heavy (non-hydrogen) atoms. The third-order valence-electron chi connectivity index (χ3n) is 1.99. The van der Waals surface area contributed by atoms with Crippen molar-refractivity contribution in [3.63, 3.8) is 0 Å². The first-order valence-electron chi connectivity index (χ1n) is 4.83. The van der Waals surface area contributed by atoms with Crippen molar-refractivity contribution in [1.82, 2.24) is 10.2 Å². The summed E-state index contributed by atoms with van der Waals surface area (Å²) in [5, 5.41) is 16.4. The largest absolute Gasteiger partial charge is 0.508 e. The van der Waals surface area contributed by atoms with Gasteiger partial charge in [0.2, 0.25) is 5.89 Å². The SMILES string of the molecule is Oc1ccc(/C=C/c2nnc(C(Cl)(Cl)Cl)o2)cc1. The second kappa shape index (κ2) is 5.18. The Labute approximate surface area is 118 Å². The summed E-state index contributed by atoms with van der Waals surface area (Å²) in [5.41, 5.74) is 0.862. The molecule has 0 aliphatic rings. The fraction of sp³-hybridized carbons (Fsp3) is 0.0909. The summed E-state index contributed by atoms with van der Waals surface area (Å²) in [5.74, 6) is 0.339. The fourth-order valence-corrected chi connectivity index (χ4v) is 1.40. The Hall–Kier alpha value is -1.23. The molecule has 2 rings (SSSR count). The van der Waals surface area contributed by atoms with Crippen molar-refractivity contribution in [2.75, 3.05) is 0 Å². The zero-order chi connectivity index (χ0) is 13.2. The molecule has 0 saturated heterocycles. The molecule has 1 aromatic heterocycles. The molecule has 94 valence electrons. The molecular formula is C11H7Cl3N2O2. The van der Waals surface area contributed by atoms with Crippen molar-refractivity contribution >= 4 is 47.0 Å². The summed E-state index contributed by atoms with van der Waals surface area (Å²) in [6.07, 6.45) is 3.31. The second-order valence-electron chi connectivity index (χ2n) is 3.37. The molecule has 0 radical (unpaired) electrons. The lowest BCUT2D eigenvalue weighted by Crippen LogP contribution is -1.99. The van der Waals surface area contributed by atoms with Crippen LogP contribution in [0.1, 0.15) is 17.3 Å². The molecule has 0 spiro atoms. The average molecular weight is 306 g/mol. The third-order valence-corrected chi connectivity index (χ3v) is 2.48. The highest BCUT2D eigenvalue weighted by Gasteiger charge is 2.29. The van der Waals surface area contributed by atoms with Crippen molar-refractivity contribution in [2.45, 2.75) is 3.79 Å². The van der Waals surface area contributed by atoms with E-state index >= 15 is 0 Å². The van der Waals surface area contributed by atoms with Gasteiger partial charge < -0.3 is 9.52 Å². The van der Waals surface area contributed by atoms with Crippen LogP contribution < -0.4 is 0 Å². The van der Waals surface area contributed by atoms with Crippen molar-refractivity contribution in [3.8, 4) is 5.75 Å². The molecule has 0 amide bonds. The van der Waals surface area contributed by atoms with Gasteiger partial charge in [-0.25, -0.2) is 0 Å². The van der Waals surface area contributed by atoms with E-state index in [9.17, 15) is 0 Å². The number of aromatic nitrogens is 2. The van der Waals surface area contributed by atoms with Gasteiger partial charge in [-0.05, 0) is 23.8 Å². The lowest BCUT2D eigenvalue weighted by Gasteiger charge is -2.01. The number of halogens is 3. The van der Waals surface area contributed by atoms with Crippen molar-refractivity contribution in [3.05, 3.63) is 41.6 Å². The second-order valence-corrected chi connectivity index (χ2v) is 5.65. The maximum atomic E-state index is 9.13. The Bertz CT molecular complexity index is 558. The number of aromatic hydroxyl groups is 1. The molecule has 7 heteroatoms. The normalized spacial score (nSPS) is 12.2. The van der Waals surface area contributed by atoms with Crippen LogP contribution in [0.5, 0.6) is 5.75 Å². The summed E-state index contributed by atoms with van der Waals surface area (Å²) >= 11 is 16.8. The molecule has 1 N–H and O–H groups in total. The summed E-state index contributed by atoms with van der Waals surface area (Å²) in [7, 11) is 0. The van der Waals surface area contributed by atoms with E-state index in [1.54, 1.807) is 36.4 Å². The van der Waals surface area contributed by atoms with Gasteiger partial charge in [-0.2, -0.15) is 0 Å². The first-order chi connectivity index (χ1) is 8.45. The van der Waals surface area contributed by atoms with Gasteiger partial charge in [0.05, 0.1) is 0 Å². The highest BCUT2D eigenvalue weighted by molar-refractivity contribution is 6.66. The molecule has 0 saturated carbocycles. The van der Waals surface area contributed by atoms with Gasteiger partial charge in [-0.1, -0.05) is 46.9 Å². The van der Waals surface area contributed by atoms with Gasteiger partial charge in [-0.3, -0.25) is 0 Å². The van der Waals surface area contributed by atoms with E-state index in [2.05, 4.69) is 10.2 Å². The number of rotatable bonds is 2. The predicted molar refractivity (Wildman–Crippen MR) is 70.6 cm³/mol. The Morgan fingerprint density at radius 2 is 1.72 bits per heavy atom. The monoisotopic (exact) mass is 304 g/mol. The number of phenolic OH excluding ortho intramolecular Hbond substituents is 1. The van der Waals surface area contributed by atoms with Crippen molar-refractivity contribution in [1.29, 1.82) is 0 Å². The number of alkyl halides is 3. The number of phenols is 1. The van der Waals surface area contributed by atoms with Crippen LogP contribution in [-0.2, 0) is 3.79 Å². The Morgan fingerprint density at radius 3 is 2.28 bits per heavy atom. The predicted octanol–water partition coefficient (Wildman–Crippen LogP) is 3.77. The minimum Gasteiger partial charge on any atom is -0.508 e. The Kier molecular flexibility index (Phi) is 3.80. The van der Waals surface area contributed by atoms with Crippen LogP contribution >= 0.6 is 34.8 Å². The van der Waals surface area contributed by atoms with Crippen LogP contribution in [0.3, 0.4) is 0 Å². The van der Waals surface area contributed by atoms with Gasteiger partial charge in [-0.15, -0.1) is 10.2 Å². The minimum absolute atomic E-state index is 0.0853. The molecule has 4 nitrogen and oxygen atoms in total. The van der Waals surface area contributed by atoms with Gasteiger partial charge in [0.15, 0.2) is 0 Å². The van der Waals surface area contributed by atoms with Crippen LogP contribution in [0, 0.1) is 0 Å². The quantitative estimate of drug-likeness (QED) is 0.858. The number of nitrogens with zero attached hydrogens (tertiary/aromatic N) is 2. The molecule has 0 aliphatic carbocycles. The third kappa shape index (κ3) is 3.38. The molecule has 0 unspecified atom stereocenters. The first-order valence-corrected chi connectivity index (χ1v) is 5.96. The molecule has 0 bridgehead atoms. The van der Waals surface area contributed by atoms with Crippen LogP contribution in [-0.4, -0.2) is 15.3 Å². The fourth-order valence-electron chi connectivity index (χ4n) is 1.17. The molecular weight excluding hydrogens is 298 g/mol. The molecule has 1 aromatic carbocycles. The van der Waals surface area contributed by atoms with Crippen molar-refractivity contribution < 1.29 is 9.52 Å². The lowest BCUT2D eigenvalue weighted by molar-refractivity contribution is 0.475. The van der Waals surface area contributed by atoms with Crippen LogP contribution in [0.4, 0.5) is 0 Å². The van der Waals surface area contributed by atoms with E-state index in [1.807, 2.05) is 0 Å². The lowest BCUT2D eigenvalue weighted by atomic mass is 10.2. The van der Waals surface area contributed by atoms with E-state index in [4.69, 9.17) is 44.3 Å². The Balaban J connectivity index is 2.14. The van der Waals surface area contributed by atoms with Gasteiger partial charge >= 0.3 is 0 Å². The average Bonchev–Trinajstić information content (AvgIpc) is 2.77. The number of hydrogen-bond donors (Lipinski definition) is 1. The van der Waals surface area contributed by atoms with Crippen LogP contribution in [0.2, 0.25) is 0 Å². The Morgan fingerprint density at radius 1 is 1.06 bits per heavy atom. The topological polar surface area (TPSA) is 59.2 Å². The number of benzene rings is 1. The van der Waals surface area contributed by atoms with E-state index in [0.29, 0.717) is 0 Å². The molecule has 1 heterocycles. The zero-order valence-electron chi connectivity index (χ0n) is 8.85. The van der Waals surface area contributed by atoms with Gasteiger partial charge in [0, 0.05) is 6.08 Å². The molecule has 2 aromatic rings. The molecule has 0 aliphatic heterocycles. The number of hydrogen-bond acceptors (Lipinski definition) is 4. The smallest absolute Gasteiger partial charge is 0.268 e. The standard InChI is InChI=1S/C11H7Cl3N2O2/c12-11(13,14)10-16-15-9(18-10)6-3-7-1-4-8(17)5-2-7/h1-6,17H/b6-3+. The maximum Gasteiger partial charge on any atom is 0.268 e. The maximum absolute atomic E-state index is 9.13. The van der Waals surface area contributed by atoms with E-state index in [0.717, 1.165) is 5.56 Å². The van der Waals surface area contributed by atoms with E-state index in [-0.39, 0.29) is 17.5 Å². The minimum atomic E-state index is -1.72.